The van der Waals surface area contributed by atoms with Gasteiger partial charge < -0.3 is 10.1 Å². The lowest BCUT2D eigenvalue weighted by molar-refractivity contribution is 0.138. The number of halogens is 1. The van der Waals surface area contributed by atoms with E-state index >= 15 is 0 Å². The third-order valence-electron chi connectivity index (χ3n) is 3.43. The molecule has 0 atom stereocenters. The average molecular weight is 352 g/mol. The molecule has 1 aromatic carbocycles. The minimum absolute atomic E-state index is 0.0593. The van der Waals surface area contributed by atoms with Gasteiger partial charge in [0.05, 0.1) is 0 Å². The topological polar surface area (TPSA) is 21.3 Å². The van der Waals surface area contributed by atoms with E-state index < -0.39 is 0 Å². The first-order valence-corrected chi connectivity index (χ1v) is 8.44. The Kier molecular flexibility index (Phi) is 3.89. The van der Waals surface area contributed by atoms with E-state index in [4.69, 9.17) is 4.74 Å². The molecule has 1 N–H and O–H groups in total. The second-order valence-electron chi connectivity index (χ2n) is 5.78. The number of benzene rings is 1. The van der Waals surface area contributed by atoms with Crippen molar-refractivity contribution >= 4 is 27.3 Å². The second-order valence-corrected chi connectivity index (χ2v) is 7.63. The molecule has 20 heavy (non-hydrogen) atoms. The minimum atomic E-state index is -0.0593. The van der Waals surface area contributed by atoms with E-state index in [1.54, 1.807) is 11.3 Å². The molecule has 0 fully saturated rings. The molecule has 0 spiro atoms. The van der Waals surface area contributed by atoms with Crippen molar-refractivity contribution in [2.24, 2.45) is 0 Å². The van der Waals surface area contributed by atoms with Crippen LogP contribution >= 0.6 is 27.3 Å². The lowest BCUT2D eigenvalue weighted by Crippen LogP contribution is -2.24. The molecule has 0 radical (unpaired) electrons. The molecule has 2 nitrogen and oxygen atoms in total. The summed E-state index contributed by atoms with van der Waals surface area (Å²) in [5, 5.41) is 5.60. The van der Waals surface area contributed by atoms with Gasteiger partial charge in [0, 0.05) is 28.9 Å². The number of rotatable bonds is 4. The zero-order valence-electron chi connectivity index (χ0n) is 11.7. The highest BCUT2D eigenvalue weighted by Gasteiger charge is 2.29. The molecule has 3 rings (SSSR count). The number of hydrogen-bond acceptors (Lipinski definition) is 3. The van der Waals surface area contributed by atoms with E-state index in [-0.39, 0.29) is 5.60 Å². The van der Waals surface area contributed by atoms with E-state index in [2.05, 4.69) is 64.7 Å². The molecule has 2 heterocycles. The fourth-order valence-corrected chi connectivity index (χ4v) is 4.01. The third kappa shape index (κ3) is 3.08. The fraction of sp³-hybridized carbons (Fsp3) is 0.375. The van der Waals surface area contributed by atoms with Gasteiger partial charge in [-0.3, -0.25) is 0 Å². The summed E-state index contributed by atoms with van der Waals surface area (Å²) in [6.07, 6.45) is 0.993. The lowest BCUT2D eigenvalue weighted by Gasteiger charge is -2.16. The molecule has 0 saturated heterocycles. The molecule has 0 aliphatic carbocycles. The fourth-order valence-electron chi connectivity index (χ4n) is 2.54. The van der Waals surface area contributed by atoms with Crippen LogP contribution in [0.15, 0.2) is 34.1 Å². The molecule has 1 aromatic heterocycles. The van der Waals surface area contributed by atoms with Crippen molar-refractivity contribution in [3.05, 3.63) is 50.1 Å². The van der Waals surface area contributed by atoms with Crippen LogP contribution in [0.1, 0.15) is 29.9 Å². The highest BCUT2D eigenvalue weighted by atomic mass is 79.9. The highest BCUT2D eigenvalue weighted by molar-refractivity contribution is 9.10. The van der Waals surface area contributed by atoms with Gasteiger partial charge in [-0.1, -0.05) is 12.1 Å². The Hall–Kier alpha value is -0.840. The second kappa shape index (κ2) is 5.51. The van der Waals surface area contributed by atoms with Crippen LogP contribution in [0.5, 0.6) is 5.75 Å². The van der Waals surface area contributed by atoms with Gasteiger partial charge >= 0.3 is 0 Å². The van der Waals surface area contributed by atoms with Gasteiger partial charge in [0.2, 0.25) is 0 Å². The molecule has 2 aromatic rings. The molecule has 4 heteroatoms. The van der Waals surface area contributed by atoms with Crippen LogP contribution in [0.4, 0.5) is 0 Å². The first kappa shape index (κ1) is 14.1. The molecule has 1 aliphatic heterocycles. The summed E-state index contributed by atoms with van der Waals surface area (Å²) in [5.74, 6) is 1.04. The van der Waals surface area contributed by atoms with Crippen LogP contribution in [0.3, 0.4) is 0 Å². The molecule has 106 valence electrons. The Morgan fingerprint density at radius 1 is 1.30 bits per heavy atom. The first-order chi connectivity index (χ1) is 9.53. The van der Waals surface area contributed by atoms with E-state index in [0.29, 0.717) is 0 Å². The molecular formula is C16H18BrNOS. The Morgan fingerprint density at radius 3 is 2.90 bits per heavy atom. The standard InChI is InChI=1S/C16H18BrNOS/c1-16(2)8-12-7-11(3-4-14(12)19-16)9-18-10-15-13(17)5-6-20-15/h3-7,18H,8-10H2,1-2H3. The number of hydrogen-bond donors (Lipinski definition) is 1. The van der Waals surface area contributed by atoms with Crippen molar-refractivity contribution in [2.45, 2.75) is 39.0 Å². The van der Waals surface area contributed by atoms with Gasteiger partial charge in [-0.25, -0.2) is 0 Å². The SMILES string of the molecule is CC1(C)Cc2cc(CNCc3sccc3Br)ccc2O1. The first-order valence-electron chi connectivity index (χ1n) is 6.77. The van der Waals surface area contributed by atoms with Gasteiger partial charge in [0.15, 0.2) is 0 Å². The quantitative estimate of drug-likeness (QED) is 0.874. The van der Waals surface area contributed by atoms with Gasteiger partial charge in [-0.2, -0.15) is 0 Å². The zero-order valence-corrected chi connectivity index (χ0v) is 14.1. The summed E-state index contributed by atoms with van der Waals surface area (Å²) < 4.78 is 7.10. The van der Waals surface area contributed by atoms with Crippen LogP contribution in [0.25, 0.3) is 0 Å². The number of thiophene rings is 1. The Balaban J connectivity index is 1.61. The van der Waals surface area contributed by atoms with Gasteiger partial charge in [-0.05, 0) is 58.4 Å². The highest BCUT2D eigenvalue weighted by Crippen LogP contribution is 2.35. The van der Waals surface area contributed by atoms with E-state index in [1.165, 1.54) is 20.5 Å². The maximum absolute atomic E-state index is 5.90. The maximum Gasteiger partial charge on any atom is 0.123 e. The van der Waals surface area contributed by atoms with Crippen LogP contribution in [-0.4, -0.2) is 5.60 Å². The summed E-state index contributed by atoms with van der Waals surface area (Å²) in [6, 6.07) is 8.61. The van der Waals surface area contributed by atoms with Crippen LogP contribution in [0, 0.1) is 0 Å². The Labute approximate surface area is 132 Å². The average Bonchev–Trinajstić information content (AvgIpc) is 2.91. The third-order valence-corrected chi connectivity index (χ3v) is 5.36. The molecular weight excluding hydrogens is 334 g/mol. The van der Waals surface area contributed by atoms with Gasteiger partial charge in [0.25, 0.3) is 0 Å². The van der Waals surface area contributed by atoms with Crippen LogP contribution in [-0.2, 0) is 19.5 Å². The van der Waals surface area contributed by atoms with Crippen molar-refractivity contribution in [1.82, 2.24) is 5.32 Å². The zero-order chi connectivity index (χ0) is 14.2. The molecule has 0 amide bonds. The van der Waals surface area contributed by atoms with E-state index in [0.717, 1.165) is 25.3 Å². The van der Waals surface area contributed by atoms with E-state index in [1.807, 2.05) is 0 Å². The van der Waals surface area contributed by atoms with Gasteiger partial charge in [-0.15, -0.1) is 11.3 Å². The summed E-state index contributed by atoms with van der Waals surface area (Å²) in [6.45, 7) is 6.06. The number of ether oxygens (including phenoxy) is 1. The predicted octanol–water partition coefficient (Wildman–Crippen LogP) is 4.51. The Morgan fingerprint density at radius 2 is 2.15 bits per heavy atom. The van der Waals surface area contributed by atoms with Crippen molar-refractivity contribution < 1.29 is 4.74 Å². The molecule has 1 aliphatic rings. The summed E-state index contributed by atoms with van der Waals surface area (Å²) in [7, 11) is 0. The van der Waals surface area contributed by atoms with Crippen molar-refractivity contribution in [3.63, 3.8) is 0 Å². The summed E-state index contributed by atoms with van der Waals surface area (Å²) in [5.41, 5.74) is 2.58. The monoisotopic (exact) mass is 351 g/mol. The van der Waals surface area contributed by atoms with Crippen LogP contribution < -0.4 is 10.1 Å². The lowest BCUT2D eigenvalue weighted by atomic mass is 10.0. The van der Waals surface area contributed by atoms with E-state index in [9.17, 15) is 0 Å². The van der Waals surface area contributed by atoms with Gasteiger partial charge in [0.1, 0.15) is 11.4 Å². The molecule has 0 bridgehead atoms. The van der Waals surface area contributed by atoms with Crippen molar-refractivity contribution in [2.75, 3.05) is 0 Å². The Bertz CT molecular complexity index is 621. The predicted molar refractivity (Wildman–Crippen MR) is 87.4 cm³/mol. The normalized spacial score (nSPS) is 15.9. The molecule has 0 saturated carbocycles. The number of fused-ring (bicyclic) bond motifs is 1. The number of nitrogens with one attached hydrogen (secondary N) is 1. The van der Waals surface area contributed by atoms with Crippen molar-refractivity contribution in [1.29, 1.82) is 0 Å². The smallest absolute Gasteiger partial charge is 0.123 e. The maximum atomic E-state index is 5.90. The minimum Gasteiger partial charge on any atom is -0.487 e. The summed E-state index contributed by atoms with van der Waals surface area (Å²) >= 11 is 5.33. The molecule has 0 unspecified atom stereocenters. The largest absolute Gasteiger partial charge is 0.487 e. The van der Waals surface area contributed by atoms with Crippen molar-refractivity contribution in [3.8, 4) is 5.75 Å². The summed E-state index contributed by atoms with van der Waals surface area (Å²) in [4.78, 5) is 1.34. The van der Waals surface area contributed by atoms with Crippen LogP contribution in [0.2, 0.25) is 0 Å².